The fourth-order valence-electron chi connectivity index (χ4n) is 5.08. The second kappa shape index (κ2) is 8.54. The van der Waals surface area contributed by atoms with Crippen LogP contribution in [0.5, 0.6) is 0 Å². The van der Waals surface area contributed by atoms with Gasteiger partial charge in [0.1, 0.15) is 0 Å². The van der Waals surface area contributed by atoms with Gasteiger partial charge in [-0.05, 0) is 60.5 Å². The number of carbonyl (C=O) groups excluding carboxylic acids is 1. The monoisotopic (exact) mass is 442 g/mol. The molecule has 0 aromatic carbocycles. The molecule has 0 radical (unpaired) electrons. The number of hydrogen-bond acceptors (Lipinski definition) is 3. The second-order valence-corrected chi connectivity index (χ2v) is 9.46. The van der Waals surface area contributed by atoms with E-state index < -0.39 is 5.92 Å². The molecule has 1 aromatic heterocycles. The van der Waals surface area contributed by atoms with Crippen LogP contribution in [0.1, 0.15) is 54.4 Å². The van der Waals surface area contributed by atoms with Gasteiger partial charge in [-0.1, -0.05) is 31.6 Å². The zero-order valence-corrected chi connectivity index (χ0v) is 19.6. The molecule has 172 valence electrons. The van der Waals surface area contributed by atoms with E-state index in [0.29, 0.717) is 44.7 Å². The zero-order chi connectivity index (χ0) is 23.2. The number of carbonyl (C=O) groups is 1. The fraction of sp³-hybridized carbons (Fsp3) is 0.538. The normalized spacial score (nSPS) is 23.8. The maximum absolute atomic E-state index is 14.0. The van der Waals surface area contributed by atoms with Crippen LogP contribution in [0.4, 0.5) is 8.78 Å². The van der Waals surface area contributed by atoms with Gasteiger partial charge < -0.3 is 9.64 Å². The average molecular weight is 443 g/mol. The highest BCUT2D eigenvalue weighted by Crippen LogP contribution is 2.46. The van der Waals surface area contributed by atoms with Crippen molar-refractivity contribution in [2.45, 2.75) is 53.4 Å². The Labute approximate surface area is 189 Å². The maximum Gasteiger partial charge on any atom is 0.266 e. The topological polar surface area (TPSA) is 42.4 Å². The molecule has 2 heterocycles. The van der Waals surface area contributed by atoms with Crippen molar-refractivity contribution in [3.8, 4) is 0 Å². The number of aromatic nitrogens is 1. The van der Waals surface area contributed by atoms with E-state index in [0.717, 1.165) is 29.3 Å². The van der Waals surface area contributed by atoms with Crippen molar-refractivity contribution in [3.63, 3.8) is 0 Å². The molecule has 0 spiro atoms. The van der Waals surface area contributed by atoms with Gasteiger partial charge in [-0.25, -0.2) is 8.78 Å². The van der Waals surface area contributed by atoms with Gasteiger partial charge in [-0.15, -0.1) is 0 Å². The Balaban J connectivity index is 1.61. The molecule has 32 heavy (non-hydrogen) atoms. The molecule has 1 saturated heterocycles. The third-order valence-electron chi connectivity index (χ3n) is 7.24. The van der Waals surface area contributed by atoms with E-state index in [2.05, 4.69) is 18.0 Å². The number of alkyl halides is 2. The summed E-state index contributed by atoms with van der Waals surface area (Å²) in [5.41, 5.74) is 7.15. The van der Waals surface area contributed by atoms with Gasteiger partial charge >= 0.3 is 0 Å². The quantitative estimate of drug-likeness (QED) is 0.643. The van der Waals surface area contributed by atoms with Gasteiger partial charge in [0, 0.05) is 37.8 Å². The number of halogens is 2. The van der Waals surface area contributed by atoms with Crippen LogP contribution in [-0.2, 0) is 11.2 Å². The third kappa shape index (κ3) is 4.17. The minimum absolute atomic E-state index is 0.00297. The molecule has 1 fully saturated rings. The highest BCUT2D eigenvalue weighted by molar-refractivity contribution is 5.95. The van der Waals surface area contributed by atoms with Gasteiger partial charge in [0.25, 0.3) is 11.8 Å². The first-order valence-electron chi connectivity index (χ1n) is 11.4. The Hall–Kier alpha value is -2.34. The van der Waals surface area contributed by atoms with Gasteiger partial charge in [0.2, 0.25) is 0 Å². The van der Waals surface area contributed by atoms with Crippen molar-refractivity contribution in [2.75, 3.05) is 26.3 Å². The number of ether oxygens (including phenoxy) is 1. The van der Waals surface area contributed by atoms with Gasteiger partial charge in [-0.3, -0.25) is 9.78 Å². The predicted molar refractivity (Wildman–Crippen MR) is 121 cm³/mol. The molecule has 0 bridgehead atoms. The number of rotatable bonds is 4. The van der Waals surface area contributed by atoms with Crippen LogP contribution in [-0.4, -0.2) is 48.0 Å². The van der Waals surface area contributed by atoms with E-state index >= 15 is 0 Å². The van der Waals surface area contributed by atoms with Crippen LogP contribution < -0.4 is 0 Å². The second-order valence-electron chi connectivity index (χ2n) is 9.46. The summed E-state index contributed by atoms with van der Waals surface area (Å²) >= 11 is 0. The van der Waals surface area contributed by atoms with E-state index in [9.17, 15) is 13.6 Å². The van der Waals surface area contributed by atoms with Crippen LogP contribution in [0, 0.1) is 25.7 Å². The van der Waals surface area contributed by atoms with Crippen LogP contribution in [0.25, 0.3) is 0 Å². The first kappa shape index (κ1) is 22.8. The molecule has 6 heteroatoms. The summed E-state index contributed by atoms with van der Waals surface area (Å²) in [6, 6.07) is 0. The van der Waals surface area contributed by atoms with E-state index in [1.54, 1.807) is 12.3 Å². The van der Waals surface area contributed by atoms with Crippen molar-refractivity contribution in [2.24, 2.45) is 11.8 Å². The van der Waals surface area contributed by atoms with Gasteiger partial charge in [0.05, 0.1) is 18.8 Å². The minimum atomic E-state index is -2.79. The maximum atomic E-state index is 14.0. The third-order valence-corrected chi connectivity index (χ3v) is 7.24. The molecule has 2 unspecified atom stereocenters. The molecule has 1 aliphatic heterocycles. The molecule has 1 amide bonds. The first-order valence-corrected chi connectivity index (χ1v) is 11.4. The summed E-state index contributed by atoms with van der Waals surface area (Å²) in [5.74, 6) is -2.65. The lowest BCUT2D eigenvalue weighted by atomic mass is 9.81. The molecule has 0 saturated carbocycles. The van der Waals surface area contributed by atoms with Crippen LogP contribution in [0.15, 0.2) is 40.6 Å². The summed E-state index contributed by atoms with van der Waals surface area (Å²) in [4.78, 5) is 19.5. The number of hydrogen-bond donors (Lipinski definition) is 0. The van der Waals surface area contributed by atoms with Crippen molar-refractivity contribution in [3.05, 3.63) is 63.0 Å². The van der Waals surface area contributed by atoms with Crippen molar-refractivity contribution >= 4 is 5.91 Å². The summed E-state index contributed by atoms with van der Waals surface area (Å²) in [7, 11) is 0. The number of morpholine rings is 1. The van der Waals surface area contributed by atoms with Crippen molar-refractivity contribution in [1.29, 1.82) is 0 Å². The molecule has 1 aromatic rings. The molecular weight excluding hydrogens is 410 g/mol. The molecule has 4 rings (SSSR count). The first-order chi connectivity index (χ1) is 15.1. The summed E-state index contributed by atoms with van der Waals surface area (Å²) in [6.07, 6.45) is 6.66. The predicted octanol–water partition coefficient (Wildman–Crippen LogP) is 5.21. The fourth-order valence-corrected chi connectivity index (χ4v) is 5.08. The van der Waals surface area contributed by atoms with Crippen LogP contribution in [0.3, 0.4) is 0 Å². The number of nitrogens with zero attached hydrogens (tertiary/aromatic N) is 2. The van der Waals surface area contributed by atoms with Crippen LogP contribution in [0.2, 0.25) is 0 Å². The largest absolute Gasteiger partial charge is 0.378 e. The van der Waals surface area contributed by atoms with Crippen molar-refractivity contribution in [1.82, 2.24) is 9.88 Å². The number of aryl methyl sites for hydroxylation is 1. The average Bonchev–Trinajstić information content (AvgIpc) is 3.07. The lowest BCUT2D eigenvalue weighted by Crippen LogP contribution is -2.41. The van der Waals surface area contributed by atoms with Gasteiger partial charge in [-0.2, -0.15) is 0 Å². The Morgan fingerprint density at radius 2 is 1.88 bits per heavy atom. The standard InChI is InChI=1S/C26H32F2N2O2/c1-15-10-20(26(5,27)28)13-23-16(2)19(11-21(15)23)12-22-17(3)24(14-29-18(22)4)25(31)30-6-8-32-9-7-30/h11,13-16H,6-10,12H2,1-5H3. The van der Waals surface area contributed by atoms with Gasteiger partial charge in [0.15, 0.2) is 0 Å². The zero-order valence-electron chi connectivity index (χ0n) is 19.6. The molecule has 2 atom stereocenters. The number of allylic oxidation sites excluding steroid dienone is 6. The Morgan fingerprint density at radius 1 is 1.19 bits per heavy atom. The minimum Gasteiger partial charge on any atom is -0.378 e. The lowest BCUT2D eigenvalue weighted by molar-refractivity contribution is 0.0302. The van der Waals surface area contributed by atoms with Crippen LogP contribution >= 0.6 is 0 Å². The van der Waals surface area contributed by atoms with E-state index in [-0.39, 0.29) is 23.3 Å². The Kier molecular flexibility index (Phi) is 6.10. The summed E-state index contributed by atoms with van der Waals surface area (Å²) in [5, 5.41) is 0. The molecule has 3 aliphatic rings. The highest BCUT2D eigenvalue weighted by Gasteiger charge is 2.36. The Bertz CT molecular complexity index is 1030. The lowest BCUT2D eigenvalue weighted by Gasteiger charge is -2.28. The summed E-state index contributed by atoms with van der Waals surface area (Å²) < 4.78 is 33.4. The molecule has 2 aliphatic carbocycles. The van der Waals surface area contributed by atoms with E-state index in [1.165, 1.54) is 11.1 Å². The molecular formula is C26H32F2N2O2. The highest BCUT2D eigenvalue weighted by atomic mass is 19.3. The number of amides is 1. The smallest absolute Gasteiger partial charge is 0.266 e. The molecule has 0 N–H and O–H groups in total. The Morgan fingerprint density at radius 3 is 2.53 bits per heavy atom. The van der Waals surface area contributed by atoms with E-state index in [4.69, 9.17) is 4.74 Å². The van der Waals surface area contributed by atoms with Crippen molar-refractivity contribution < 1.29 is 18.3 Å². The number of pyridine rings is 1. The molecule has 4 nitrogen and oxygen atoms in total. The SMILES string of the molecule is Cc1ncc(C(=O)N2CCOCC2)c(C)c1CC1=CC2=C(C=C(C(C)(F)F)CC2C)C1C. The van der Waals surface area contributed by atoms with E-state index in [1.807, 2.05) is 25.7 Å². The summed E-state index contributed by atoms with van der Waals surface area (Å²) in [6.45, 7) is 11.4.